The molecule has 1 saturated carbocycles. The average molecular weight is 524 g/mol. The summed E-state index contributed by atoms with van der Waals surface area (Å²) in [7, 11) is 3.15. The van der Waals surface area contributed by atoms with Gasteiger partial charge in [-0.25, -0.2) is 0 Å². The van der Waals surface area contributed by atoms with E-state index in [1.807, 2.05) is 12.3 Å². The quantitative estimate of drug-likeness (QED) is 0.213. The lowest BCUT2D eigenvalue weighted by Crippen LogP contribution is -2.17. The van der Waals surface area contributed by atoms with Gasteiger partial charge in [0.25, 0.3) is 5.91 Å². The number of carbonyl (C=O) groups excluding carboxylic acids is 1. The Labute approximate surface area is 225 Å². The fourth-order valence-electron chi connectivity index (χ4n) is 4.98. The van der Waals surface area contributed by atoms with Crippen molar-refractivity contribution >= 4 is 28.6 Å². The van der Waals surface area contributed by atoms with Crippen LogP contribution in [0.4, 0.5) is 11.6 Å². The number of ether oxygens (including phenoxy) is 2. The number of hydrogen-bond donors (Lipinski definition) is 4. The zero-order chi connectivity index (χ0) is 26.8. The molecule has 0 spiro atoms. The molecule has 1 aliphatic rings. The highest BCUT2D eigenvalue weighted by Crippen LogP contribution is 2.38. The molecule has 4 N–H and O–H groups in total. The third kappa shape index (κ3) is 4.88. The summed E-state index contributed by atoms with van der Waals surface area (Å²) in [6, 6.07) is 15.4. The van der Waals surface area contributed by atoms with Crippen molar-refractivity contribution in [2.75, 3.05) is 19.5 Å². The van der Waals surface area contributed by atoms with Crippen LogP contribution in [0.2, 0.25) is 0 Å². The maximum Gasteiger partial charge on any atom is 0.251 e. The molecule has 1 fully saturated rings. The molecule has 2 aromatic carbocycles. The average Bonchev–Trinajstić information content (AvgIpc) is 3.76. The van der Waals surface area contributed by atoms with Gasteiger partial charge in [0, 0.05) is 30.6 Å². The molecule has 198 valence electrons. The third-order valence-electron chi connectivity index (χ3n) is 7.02. The largest absolute Gasteiger partial charge is 0.495 e. The monoisotopic (exact) mass is 523 g/mol. The number of rotatable bonds is 8. The Balaban J connectivity index is 1.38. The minimum Gasteiger partial charge on any atom is -0.495 e. The van der Waals surface area contributed by atoms with Gasteiger partial charge in [0.1, 0.15) is 17.5 Å². The molecular formula is C29H29N7O3. The van der Waals surface area contributed by atoms with E-state index in [1.54, 1.807) is 38.6 Å². The lowest BCUT2D eigenvalue weighted by Gasteiger charge is -2.16. The van der Waals surface area contributed by atoms with Gasteiger partial charge in [0.15, 0.2) is 0 Å². The summed E-state index contributed by atoms with van der Waals surface area (Å²) in [5, 5.41) is 13.8. The third-order valence-corrected chi connectivity index (χ3v) is 7.02. The Morgan fingerprint density at radius 1 is 1.03 bits per heavy atom. The van der Waals surface area contributed by atoms with Crippen molar-refractivity contribution in [1.82, 2.24) is 30.5 Å². The zero-order valence-corrected chi connectivity index (χ0v) is 21.7. The predicted octanol–water partition coefficient (Wildman–Crippen LogP) is 5.45. The zero-order valence-electron chi connectivity index (χ0n) is 21.7. The van der Waals surface area contributed by atoms with E-state index in [9.17, 15) is 4.79 Å². The van der Waals surface area contributed by atoms with Crippen LogP contribution >= 0.6 is 0 Å². The smallest absolute Gasteiger partial charge is 0.251 e. The van der Waals surface area contributed by atoms with Crippen molar-refractivity contribution in [3.8, 4) is 34.0 Å². The van der Waals surface area contributed by atoms with E-state index in [0.717, 1.165) is 53.5 Å². The van der Waals surface area contributed by atoms with Crippen LogP contribution in [0, 0.1) is 0 Å². The Bertz CT molecular complexity index is 1600. The highest BCUT2D eigenvalue weighted by atomic mass is 16.5. The van der Waals surface area contributed by atoms with Crippen molar-refractivity contribution in [1.29, 1.82) is 0 Å². The number of aromatic amines is 2. The normalized spacial score (nSPS) is 13.5. The molecule has 0 radical (unpaired) electrons. The maximum absolute atomic E-state index is 12.1. The highest BCUT2D eigenvalue weighted by Gasteiger charge is 2.23. The Morgan fingerprint density at radius 3 is 2.54 bits per heavy atom. The first-order chi connectivity index (χ1) is 19.1. The Kier molecular flexibility index (Phi) is 6.58. The number of hydrogen-bond acceptors (Lipinski definition) is 7. The highest BCUT2D eigenvalue weighted by molar-refractivity contribution is 5.98. The molecule has 10 nitrogen and oxygen atoms in total. The van der Waals surface area contributed by atoms with Gasteiger partial charge < -0.3 is 25.1 Å². The van der Waals surface area contributed by atoms with E-state index < -0.39 is 0 Å². The number of methoxy groups -OCH3 is 1. The minimum atomic E-state index is -0.193. The van der Waals surface area contributed by atoms with Crippen LogP contribution in [0.1, 0.15) is 36.0 Å². The lowest BCUT2D eigenvalue weighted by atomic mass is 10.0. The number of carbonyl (C=O) groups is 1. The molecular weight excluding hydrogens is 494 g/mol. The van der Waals surface area contributed by atoms with Gasteiger partial charge in [-0.1, -0.05) is 24.3 Å². The van der Waals surface area contributed by atoms with E-state index >= 15 is 0 Å². The molecule has 0 saturated heterocycles. The first-order valence-corrected chi connectivity index (χ1v) is 13.0. The Morgan fingerprint density at radius 2 is 1.82 bits per heavy atom. The summed E-state index contributed by atoms with van der Waals surface area (Å²) in [5.74, 6) is 1.21. The molecule has 1 amide bonds. The molecule has 3 aromatic heterocycles. The molecule has 0 aliphatic heterocycles. The maximum atomic E-state index is 12.1. The standard InChI is InChI=1S/C29H29N7O3/c1-30-27(37)19-11-12-23(24(15-19)38-2)33-29-34-26-25(28(35-29)39-20-5-3-4-6-20)21(16-31-26)17-7-9-18(10-8-17)22-13-14-32-36-22/h7-16,20H,3-6H2,1-2H3,(H,30,37)(H,32,36)(H2,31,33,34,35). The first-order valence-electron chi connectivity index (χ1n) is 13.0. The van der Waals surface area contributed by atoms with Gasteiger partial charge in [-0.05, 0) is 61.1 Å². The fourth-order valence-corrected chi connectivity index (χ4v) is 4.98. The molecule has 0 atom stereocenters. The topological polar surface area (TPSA) is 130 Å². The lowest BCUT2D eigenvalue weighted by molar-refractivity contribution is 0.0962. The van der Waals surface area contributed by atoms with Crippen LogP contribution in [0.5, 0.6) is 11.6 Å². The summed E-state index contributed by atoms with van der Waals surface area (Å²) in [4.78, 5) is 24.9. The summed E-state index contributed by atoms with van der Waals surface area (Å²) in [5.41, 5.74) is 5.80. The number of amides is 1. The SMILES string of the molecule is CNC(=O)c1ccc(Nc2nc(OC3CCCC3)c3c(-c4ccc(-c5ccn[nH]5)cc4)c[nH]c3n2)c(OC)c1. The Hall–Kier alpha value is -4.86. The number of fused-ring (bicyclic) bond motifs is 1. The van der Waals surface area contributed by atoms with Gasteiger partial charge >= 0.3 is 0 Å². The van der Waals surface area contributed by atoms with Gasteiger partial charge in [-0.2, -0.15) is 15.1 Å². The summed E-state index contributed by atoms with van der Waals surface area (Å²) in [6.45, 7) is 0. The molecule has 5 aromatic rings. The van der Waals surface area contributed by atoms with Crippen LogP contribution in [0.15, 0.2) is 60.9 Å². The molecule has 1 aliphatic carbocycles. The minimum absolute atomic E-state index is 0.114. The van der Waals surface area contributed by atoms with Gasteiger partial charge in [0.05, 0.1) is 23.9 Å². The van der Waals surface area contributed by atoms with Crippen molar-refractivity contribution in [3.63, 3.8) is 0 Å². The second-order valence-corrected chi connectivity index (χ2v) is 9.47. The number of nitrogens with zero attached hydrogens (tertiary/aromatic N) is 3. The molecule has 6 rings (SSSR count). The number of H-pyrrole nitrogens is 2. The van der Waals surface area contributed by atoms with Crippen LogP contribution < -0.4 is 20.1 Å². The second kappa shape index (κ2) is 10.5. The van der Waals surface area contributed by atoms with Crippen LogP contribution in [-0.4, -0.2) is 51.3 Å². The van der Waals surface area contributed by atoms with E-state index in [2.05, 4.69) is 50.1 Å². The fraction of sp³-hybridized carbons (Fsp3) is 0.241. The van der Waals surface area contributed by atoms with Crippen LogP contribution in [-0.2, 0) is 0 Å². The van der Waals surface area contributed by atoms with Crippen molar-refractivity contribution in [2.45, 2.75) is 31.8 Å². The molecule has 10 heteroatoms. The van der Waals surface area contributed by atoms with Crippen molar-refractivity contribution in [2.24, 2.45) is 0 Å². The van der Waals surface area contributed by atoms with Gasteiger partial charge in [-0.15, -0.1) is 0 Å². The number of benzene rings is 2. The molecule has 0 bridgehead atoms. The summed E-state index contributed by atoms with van der Waals surface area (Å²) < 4.78 is 12.0. The number of anilines is 2. The van der Waals surface area contributed by atoms with Crippen molar-refractivity contribution < 1.29 is 14.3 Å². The summed E-state index contributed by atoms with van der Waals surface area (Å²) >= 11 is 0. The molecule has 3 heterocycles. The van der Waals surface area contributed by atoms with E-state index in [4.69, 9.17) is 19.4 Å². The van der Waals surface area contributed by atoms with Crippen LogP contribution in [0.3, 0.4) is 0 Å². The first kappa shape index (κ1) is 24.5. The van der Waals surface area contributed by atoms with E-state index in [0.29, 0.717) is 34.5 Å². The second-order valence-electron chi connectivity index (χ2n) is 9.47. The van der Waals surface area contributed by atoms with Gasteiger partial charge in [0.2, 0.25) is 11.8 Å². The summed E-state index contributed by atoms with van der Waals surface area (Å²) in [6.07, 6.45) is 8.09. The number of nitrogens with one attached hydrogen (secondary N) is 4. The molecule has 39 heavy (non-hydrogen) atoms. The number of aromatic nitrogens is 5. The van der Waals surface area contributed by atoms with E-state index in [-0.39, 0.29) is 12.0 Å². The predicted molar refractivity (Wildman–Crippen MR) is 149 cm³/mol. The van der Waals surface area contributed by atoms with E-state index in [1.165, 1.54) is 0 Å². The van der Waals surface area contributed by atoms with Crippen LogP contribution in [0.25, 0.3) is 33.4 Å². The van der Waals surface area contributed by atoms with Crippen molar-refractivity contribution in [3.05, 3.63) is 66.5 Å². The molecule has 0 unspecified atom stereocenters. The van der Waals surface area contributed by atoms with Gasteiger partial charge in [-0.3, -0.25) is 9.89 Å².